The molecule has 0 unspecified atom stereocenters. The second-order valence-corrected chi connectivity index (χ2v) is 8.88. The maximum Gasteiger partial charge on any atom is 0.363 e. The van der Waals surface area contributed by atoms with Crippen molar-refractivity contribution >= 4 is 63.7 Å². The second kappa shape index (κ2) is 9.94. The normalized spacial score (nSPS) is 14.3. The van der Waals surface area contributed by atoms with Crippen molar-refractivity contribution in [2.24, 2.45) is 4.99 Å². The van der Waals surface area contributed by atoms with Gasteiger partial charge in [0, 0.05) is 14.2 Å². The number of esters is 1. The van der Waals surface area contributed by atoms with E-state index in [0.717, 1.165) is 14.7 Å². The Hall–Kier alpha value is -2.55. The standard InChI is InChI=1S/C24H16Cl2INO4/c1-30-21-12-15(10-19(26)22(21)31-13-14-2-6-17(25)7-3-14)11-20-24(29)32-23(28-20)16-4-8-18(27)9-5-16/h2-12H,13H2,1H3. The minimum Gasteiger partial charge on any atom is -0.493 e. The van der Waals surface area contributed by atoms with Crippen LogP contribution in [-0.2, 0) is 16.1 Å². The summed E-state index contributed by atoms with van der Waals surface area (Å²) >= 11 is 14.6. The van der Waals surface area contributed by atoms with E-state index in [1.54, 1.807) is 30.3 Å². The third-order valence-electron chi connectivity index (χ3n) is 4.56. The van der Waals surface area contributed by atoms with Gasteiger partial charge < -0.3 is 14.2 Å². The number of aliphatic imine (C=N–C) groups is 1. The van der Waals surface area contributed by atoms with Gasteiger partial charge in [-0.25, -0.2) is 9.79 Å². The first-order valence-corrected chi connectivity index (χ1v) is 11.3. The summed E-state index contributed by atoms with van der Waals surface area (Å²) in [7, 11) is 1.52. The molecule has 3 aromatic carbocycles. The number of hydrogen-bond acceptors (Lipinski definition) is 5. The van der Waals surface area contributed by atoms with Gasteiger partial charge in [-0.3, -0.25) is 0 Å². The van der Waals surface area contributed by atoms with Gasteiger partial charge in [0.25, 0.3) is 0 Å². The number of ether oxygens (including phenoxy) is 3. The van der Waals surface area contributed by atoms with E-state index < -0.39 is 5.97 Å². The number of hydrogen-bond donors (Lipinski definition) is 0. The van der Waals surface area contributed by atoms with Gasteiger partial charge in [0.05, 0.1) is 12.1 Å². The number of rotatable bonds is 6. The molecule has 0 bridgehead atoms. The topological polar surface area (TPSA) is 57.1 Å². The number of cyclic esters (lactones) is 1. The molecule has 0 atom stereocenters. The van der Waals surface area contributed by atoms with Crippen LogP contribution in [0.25, 0.3) is 6.08 Å². The van der Waals surface area contributed by atoms with Crippen molar-refractivity contribution in [2.45, 2.75) is 6.61 Å². The summed E-state index contributed by atoms with van der Waals surface area (Å²) in [5, 5.41) is 0.999. The van der Waals surface area contributed by atoms with E-state index in [1.807, 2.05) is 36.4 Å². The van der Waals surface area contributed by atoms with E-state index in [0.29, 0.717) is 33.7 Å². The predicted octanol–water partition coefficient (Wildman–Crippen LogP) is 6.53. The third-order valence-corrected chi connectivity index (χ3v) is 5.82. The number of carbonyl (C=O) groups excluding carboxylic acids is 1. The molecule has 0 radical (unpaired) electrons. The first-order chi connectivity index (χ1) is 15.4. The highest BCUT2D eigenvalue weighted by Crippen LogP contribution is 2.38. The fourth-order valence-electron chi connectivity index (χ4n) is 2.98. The van der Waals surface area contributed by atoms with Crippen LogP contribution in [0, 0.1) is 3.57 Å². The van der Waals surface area contributed by atoms with Crippen LogP contribution >= 0.6 is 45.8 Å². The maximum absolute atomic E-state index is 12.3. The molecular weight excluding hydrogens is 564 g/mol. The lowest BCUT2D eigenvalue weighted by Gasteiger charge is -2.13. The van der Waals surface area contributed by atoms with E-state index in [1.165, 1.54) is 7.11 Å². The molecule has 8 heteroatoms. The molecule has 0 saturated carbocycles. The van der Waals surface area contributed by atoms with Crippen molar-refractivity contribution in [1.29, 1.82) is 0 Å². The molecule has 1 aliphatic rings. The fraction of sp³-hybridized carbons (Fsp3) is 0.0833. The average Bonchev–Trinajstić information content (AvgIpc) is 3.14. The summed E-state index contributed by atoms with van der Waals surface area (Å²) in [6, 6.07) is 18.3. The Morgan fingerprint density at radius 2 is 1.78 bits per heavy atom. The molecule has 0 fully saturated rings. The summed E-state index contributed by atoms with van der Waals surface area (Å²) in [6.45, 7) is 0.295. The molecular formula is C24H16Cl2INO4. The van der Waals surface area contributed by atoms with E-state index in [4.69, 9.17) is 37.4 Å². The zero-order chi connectivity index (χ0) is 22.7. The smallest absolute Gasteiger partial charge is 0.363 e. The summed E-state index contributed by atoms with van der Waals surface area (Å²) in [4.78, 5) is 16.6. The van der Waals surface area contributed by atoms with Crippen molar-refractivity contribution in [3.63, 3.8) is 0 Å². The van der Waals surface area contributed by atoms with Crippen LogP contribution in [0.5, 0.6) is 11.5 Å². The van der Waals surface area contributed by atoms with Gasteiger partial charge in [-0.05, 0) is 88.3 Å². The summed E-state index contributed by atoms with van der Waals surface area (Å²) < 4.78 is 17.7. The second-order valence-electron chi connectivity index (χ2n) is 6.79. The van der Waals surface area contributed by atoms with Crippen LogP contribution in [0.2, 0.25) is 10.0 Å². The van der Waals surface area contributed by atoms with Crippen molar-refractivity contribution in [1.82, 2.24) is 0 Å². The molecule has 32 heavy (non-hydrogen) atoms. The molecule has 0 saturated heterocycles. The number of methoxy groups -OCH3 is 1. The minimum atomic E-state index is -0.531. The fourth-order valence-corrected chi connectivity index (χ4v) is 3.74. The number of nitrogens with zero attached hydrogens (tertiary/aromatic N) is 1. The lowest BCUT2D eigenvalue weighted by atomic mass is 10.1. The van der Waals surface area contributed by atoms with Gasteiger partial charge in [-0.2, -0.15) is 0 Å². The van der Waals surface area contributed by atoms with Gasteiger partial charge in [0.2, 0.25) is 5.90 Å². The Kier molecular flexibility index (Phi) is 7.03. The van der Waals surface area contributed by atoms with Gasteiger partial charge >= 0.3 is 5.97 Å². The molecule has 3 aromatic rings. The Balaban J connectivity index is 1.58. The molecule has 4 rings (SSSR count). The first kappa shape index (κ1) is 22.6. The van der Waals surface area contributed by atoms with Crippen molar-refractivity contribution in [2.75, 3.05) is 7.11 Å². The first-order valence-electron chi connectivity index (χ1n) is 9.46. The van der Waals surface area contributed by atoms with E-state index in [9.17, 15) is 4.79 Å². The monoisotopic (exact) mass is 579 g/mol. The average molecular weight is 580 g/mol. The number of halogens is 3. The molecule has 162 valence electrons. The Labute approximate surface area is 208 Å². The Bertz CT molecular complexity index is 1220. The zero-order valence-electron chi connectivity index (χ0n) is 16.8. The molecule has 1 heterocycles. The van der Waals surface area contributed by atoms with Crippen molar-refractivity contribution < 1.29 is 19.0 Å². The van der Waals surface area contributed by atoms with Gasteiger partial charge in [0.15, 0.2) is 17.2 Å². The van der Waals surface area contributed by atoms with E-state index in [2.05, 4.69) is 27.6 Å². The molecule has 0 aliphatic carbocycles. The predicted molar refractivity (Wildman–Crippen MR) is 134 cm³/mol. The van der Waals surface area contributed by atoms with Gasteiger partial charge in [0.1, 0.15) is 6.61 Å². The van der Waals surface area contributed by atoms with E-state index >= 15 is 0 Å². The third kappa shape index (κ3) is 5.26. The SMILES string of the molecule is COc1cc(C=C2N=C(c3ccc(I)cc3)OC2=O)cc(Cl)c1OCc1ccc(Cl)cc1. The maximum atomic E-state index is 12.3. The molecule has 0 aromatic heterocycles. The Morgan fingerprint density at radius 3 is 2.47 bits per heavy atom. The quantitative estimate of drug-likeness (QED) is 0.189. The van der Waals surface area contributed by atoms with Crippen LogP contribution in [0.1, 0.15) is 16.7 Å². The summed E-state index contributed by atoms with van der Waals surface area (Å²) in [5.74, 6) is 0.574. The lowest BCUT2D eigenvalue weighted by molar-refractivity contribution is -0.129. The largest absolute Gasteiger partial charge is 0.493 e. The Morgan fingerprint density at radius 1 is 1.06 bits per heavy atom. The number of carbonyl (C=O) groups is 1. The van der Waals surface area contributed by atoms with Crippen LogP contribution in [0.4, 0.5) is 0 Å². The highest BCUT2D eigenvalue weighted by molar-refractivity contribution is 14.1. The van der Waals surface area contributed by atoms with Crippen LogP contribution in [0.3, 0.4) is 0 Å². The number of benzene rings is 3. The van der Waals surface area contributed by atoms with Crippen LogP contribution in [-0.4, -0.2) is 19.0 Å². The molecule has 0 amide bonds. The van der Waals surface area contributed by atoms with Crippen molar-refractivity contribution in [3.05, 3.63) is 96.7 Å². The van der Waals surface area contributed by atoms with Crippen LogP contribution in [0.15, 0.2) is 71.4 Å². The van der Waals surface area contributed by atoms with Gasteiger partial charge in [-0.15, -0.1) is 0 Å². The molecule has 0 N–H and O–H groups in total. The highest BCUT2D eigenvalue weighted by atomic mass is 127. The molecule has 5 nitrogen and oxygen atoms in total. The highest BCUT2D eigenvalue weighted by Gasteiger charge is 2.24. The summed E-state index contributed by atoms with van der Waals surface area (Å²) in [5.41, 5.74) is 2.46. The summed E-state index contributed by atoms with van der Waals surface area (Å²) in [6.07, 6.45) is 1.60. The molecule has 0 spiro atoms. The minimum absolute atomic E-state index is 0.173. The van der Waals surface area contributed by atoms with Gasteiger partial charge in [-0.1, -0.05) is 35.3 Å². The zero-order valence-corrected chi connectivity index (χ0v) is 20.4. The lowest BCUT2D eigenvalue weighted by Crippen LogP contribution is -2.05. The van der Waals surface area contributed by atoms with Crippen molar-refractivity contribution in [3.8, 4) is 11.5 Å². The van der Waals surface area contributed by atoms with E-state index in [-0.39, 0.29) is 11.6 Å². The van der Waals surface area contributed by atoms with Crippen LogP contribution < -0.4 is 9.47 Å². The molecule has 1 aliphatic heterocycles.